The molecular formula is C11H15NO2S. The van der Waals surface area contributed by atoms with Crippen LogP contribution in [0.1, 0.15) is 18.9 Å². The number of hydrogen-bond acceptors (Lipinski definition) is 3. The molecule has 0 saturated heterocycles. The van der Waals surface area contributed by atoms with Crippen LogP contribution >= 0.6 is 11.8 Å². The zero-order chi connectivity index (χ0) is 11.3. The number of benzene rings is 1. The lowest BCUT2D eigenvalue weighted by molar-refractivity contribution is -0.136. The number of carboxylic acids is 1. The summed E-state index contributed by atoms with van der Waals surface area (Å²) in [5.41, 5.74) is 6.93. The van der Waals surface area contributed by atoms with E-state index >= 15 is 0 Å². The third-order valence-corrected chi connectivity index (χ3v) is 3.01. The number of nitrogens with two attached hydrogens (primary N) is 1. The third-order valence-electron chi connectivity index (χ3n) is 1.99. The number of aliphatic carboxylic acids is 1. The molecule has 3 nitrogen and oxygen atoms in total. The lowest BCUT2D eigenvalue weighted by Crippen LogP contribution is -2.19. The molecule has 0 bridgehead atoms. The van der Waals surface area contributed by atoms with Crippen LogP contribution in [0.3, 0.4) is 0 Å². The molecule has 0 fully saturated rings. The van der Waals surface area contributed by atoms with Crippen LogP contribution in [-0.4, -0.2) is 16.4 Å². The fraction of sp³-hybridized carbons (Fsp3) is 0.364. The van der Waals surface area contributed by atoms with Crippen molar-refractivity contribution in [3.63, 3.8) is 0 Å². The summed E-state index contributed by atoms with van der Waals surface area (Å²) in [6.45, 7) is 2.10. The largest absolute Gasteiger partial charge is 0.481 e. The van der Waals surface area contributed by atoms with E-state index in [1.807, 2.05) is 24.3 Å². The number of aryl methyl sites for hydroxylation is 1. The Hall–Kier alpha value is -1.00. The van der Waals surface area contributed by atoms with E-state index in [9.17, 15) is 4.79 Å². The van der Waals surface area contributed by atoms with Crippen molar-refractivity contribution in [1.82, 2.24) is 0 Å². The van der Waals surface area contributed by atoms with Crippen molar-refractivity contribution in [2.24, 2.45) is 5.73 Å². The molecule has 0 aliphatic heterocycles. The smallest absolute Gasteiger partial charge is 0.305 e. The van der Waals surface area contributed by atoms with Crippen molar-refractivity contribution < 1.29 is 9.90 Å². The van der Waals surface area contributed by atoms with Crippen LogP contribution in [0.25, 0.3) is 0 Å². The molecular weight excluding hydrogens is 210 g/mol. The Morgan fingerprint density at radius 2 is 2.07 bits per heavy atom. The minimum absolute atomic E-state index is 0.0137. The molecule has 3 N–H and O–H groups in total. The lowest BCUT2D eigenvalue weighted by atomic mass is 10.2. The van der Waals surface area contributed by atoms with E-state index in [1.54, 1.807) is 0 Å². The molecule has 0 heterocycles. The Labute approximate surface area is 93.7 Å². The average Bonchev–Trinajstić information content (AvgIpc) is 2.17. The second-order valence-corrected chi connectivity index (χ2v) is 4.56. The third kappa shape index (κ3) is 4.36. The Kier molecular flexibility index (Phi) is 4.65. The fourth-order valence-corrected chi connectivity index (χ4v) is 2.06. The van der Waals surface area contributed by atoms with Crippen LogP contribution in [0.2, 0.25) is 0 Å². The summed E-state index contributed by atoms with van der Waals surface area (Å²) in [6.07, 6.45) is 0.992. The van der Waals surface area contributed by atoms with Gasteiger partial charge >= 0.3 is 5.97 Å². The number of thioether (sulfide) groups is 1. The summed E-state index contributed by atoms with van der Waals surface area (Å²) in [4.78, 5) is 11.4. The van der Waals surface area contributed by atoms with E-state index in [1.165, 1.54) is 17.3 Å². The zero-order valence-electron chi connectivity index (χ0n) is 8.64. The van der Waals surface area contributed by atoms with E-state index in [0.29, 0.717) is 0 Å². The second kappa shape index (κ2) is 5.78. The predicted octanol–water partition coefficient (Wildman–Crippen LogP) is 2.10. The number of carboxylic acid groups (broad SMARTS) is 1. The monoisotopic (exact) mass is 225 g/mol. The van der Waals surface area contributed by atoms with Gasteiger partial charge in [0.1, 0.15) is 0 Å². The van der Waals surface area contributed by atoms with Gasteiger partial charge in [-0.25, -0.2) is 0 Å². The standard InChI is InChI=1S/C11H15NO2S/c1-2-8-3-5-9(6-4-8)15-10(12)7-11(13)14/h3-6,10H,2,7,12H2,1H3,(H,13,14). The lowest BCUT2D eigenvalue weighted by Gasteiger charge is -2.08. The number of carbonyl (C=O) groups is 1. The minimum Gasteiger partial charge on any atom is -0.481 e. The van der Waals surface area contributed by atoms with Gasteiger partial charge in [-0.1, -0.05) is 19.1 Å². The average molecular weight is 225 g/mol. The van der Waals surface area contributed by atoms with Crippen LogP contribution < -0.4 is 5.73 Å². The van der Waals surface area contributed by atoms with E-state index in [-0.39, 0.29) is 11.8 Å². The van der Waals surface area contributed by atoms with Gasteiger partial charge in [0, 0.05) is 4.90 Å². The first-order chi connectivity index (χ1) is 7.11. The Morgan fingerprint density at radius 1 is 1.47 bits per heavy atom. The van der Waals surface area contributed by atoms with Crippen molar-refractivity contribution in [2.45, 2.75) is 30.0 Å². The van der Waals surface area contributed by atoms with Gasteiger partial charge in [-0.3, -0.25) is 4.79 Å². The fourth-order valence-electron chi connectivity index (χ4n) is 1.19. The summed E-state index contributed by atoms with van der Waals surface area (Å²) < 4.78 is 0. The van der Waals surface area contributed by atoms with Crippen LogP contribution in [-0.2, 0) is 11.2 Å². The zero-order valence-corrected chi connectivity index (χ0v) is 9.46. The first-order valence-corrected chi connectivity index (χ1v) is 5.72. The van der Waals surface area contributed by atoms with Crippen LogP contribution in [0.5, 0.6) is 0 Å². The summed E-state index contributed by atoms with van der Waals surface area (Å²) in [7, 11) is 0. The van der Waals surface area contributed by atoms with E-state index in [4.69, 9.17) is 10.8 Å². The first kappa shape index (κ1) is 12.1. The molecule has 1 atom stereocenters. The van der Waals surface area contributed by atoms with Gasteiger partial charge in [0.25, 0.3) is 0 Å². The van der Waals surface area contributed by atoms with E-state index in [2.05, 4.69) is 6.92 Å². The maximum absolute atomic E-state index is 10.4. The molecule has 15 heavy (non-hydrogen) atoms. The van der Waals surface area contributed by atoms with Gasteiger partial charge in [-0.05, 0) is 24.1 Å². The molecule has 1 rings (SSSR count). The van der Waals surface area contributed by atoms with Gasteiger partial charge in [0.15, 0.2) is 0 Å². The Morgan fingerprint density at radius 3 is 2.53 bits per heavy atom. The van der Waals surface area contributed by atoms with Crippen molar-refractivity contribution >= 4 is 17.7 Å². The van der Waals surface area contributed by atoms with Crippen molar-refractivity contribution in [3.05, 3.63) is 29.8 Å². The quantitative estimate of drug-likeness (QED) is 0.595. The molecule has 0 aliphatic carbocycles. The predicted molar refractivity (Wildman–Crippen MR) is 61.9 cm³/mol. The molecule has 0 aliphatic rings. The number of rotatable bonds is 5. The SMILES string of the molecule is CCc1ccc(SC(N)CC(=O)O)cc1. The molecule has 0 spiro atoms. The highest BCUT2D eigenvalue weighted by molar-refractivity contribution is 7.99. The molecule has 1 unspecified atom stereocenters. The highest BCUT2D eigenvalue weighted by atomic mass is 32.2. The minimum atomic E-state index is -0.861. The summed E-state index contributed by atoms with van der Waals surface area (Å²) in [5.74, 6) is -0.861. The highest BCUT2D eigenvalue weighted by Gasteiger charge is 2.09. The van der Waals surface area contributed by atoms with Crippen molar-refractivity contribution in [1.29, 1.82) is 0 Å². The van der Waals surface area contributed by atoms with Crippen LogP contribution in [0, 0.1) is 0 Å². The Bertz CT molecular complexity index is 324. The van der Waals surface area contributed by atoms with E-state index < -0.39 is 5.97 Å². The topological polar surface area (TPSA) is 63.3 Å². The molecule has 0 amide bonds. The molecule has 1 aromatic carbocycles. The van der Waals surface area contributed by atoms with Crippen LogP contribution in [0.15, 0.2) is 29.2 Å². The molecule has 0 saturated carbocycles. The summed E-state index contributed by atoms with van der Waals surface area (Å²) >= 11 is 1.39. The summed E-state index contributed by atoms with van der Waals surface area (Å²) in [6, 6.07) is 8.03. The molecule has 1 aromatic rings. The molecule has 82 valence electrons. The maximum atomic E-state index is 10.4. The van der Waals surface area contributed by atoms with Gasteiger partial charge in [-0.15, -0.1) is 11.8 Å². The molecule has 0 aromatic heterocycles. The normalized spacial score (nSPS) is 12.4. The maximum Gasteiger partial charge on any atom is 0.305 e. The van der Waals surface area contributed by atoms with Gasteiger partial charge in [0.05, 0.1) is 11.8 Å². The first-order valence-electron chi connectivity index (χ1n) is 4.84. The van der Waals surface area contributed by atoms with Gasteiger partial charge in [-0.2, -0.15) is 0 Å². The Balaban J connectivity index is 2.53. The van der Waals surface area contributed by atoms with Crippen molar-refractivity contribution in [2.75, 3.05) is 0 Å². The second-order valence-electron chi connectivity index (χ2n) is 3.25. The van der Waals surface area contributed by atoms with Crippen LogP contribution in [0.4, 0.5) is 0 Å². The molecule has 4 heteroatoms. The molecule has 0 radical (unpaired) electrons. The van der Waals surface area contributed by atoms with Crippen molar-refractivity contribution in [3.8, 4) is 0 Å². The van der Waals surface area contributed by atoms with Gasteiger partial charge < -0.3 is 10.8 Å². The highest BCUT2D eigenvalue weighted by Crippen LogP contribution is 2.22. The summed E-state index contributed by atoms with van der Waals surface area (Å²) in [5, 5.41) is 8.17. The van der Waals surface area contributed by atoms with Gasteiger partial charge in [0.2, 0.25) is 0 Å². The number of hydrogen-bond donors (Lipinski definition) is 2. The van der Waals surface area contributed by atoms with E-state index in [0.717, 1.165) is 11.3 Å².